The van der Waals surface area contributed by atoms with Crippen molar-refractivity contribution in [2.45, 2.75) is 0 Å². The van der Waals surface area contributed by atoms with Crippen molar-refractivity contribution >= 4 is 23.2 Å². The Hall–Kier alpha value is -3.27. The Kier molecular flexibility index (Phi) is 4.91. The molecule has 0 unspecified atom stereocenters. The number of benzene rings is 3. The molecule has 0 saturated heterocycles. The minimum absolute atomic E-state index is 0.540. The third kappa shape index (κ3) is 3.54. The van der Waals surface area contributed by atoms with Crippen molar-refractivity contribution in [2.24, 2.45) is 0 Å². The van der Waals surface area contributed by atoms with E-state index in [4.69, 9.17) is 32.6 Å². The Balaban J connectivity index is 1.61. The molecule has 146 valence electrons. The molecule has 5 rings (SSSR count). The molecule has 2 heterocycles. The Morgan fingerprint density at radius 2 is 1.37 bits per heavy atom. The van der Waals surface area contributed by atoms with E-state index in [1.165, 1.54) is 0 Å². The summed E-state index contributed by atoms with van der Waals surface area (Å²) in [6, 6.07) is 29.4. The number of rotatable bonds is 4. The molecule has 0 atom stereocenters. The topological polar surface area (TPSA) is 41.8 Å². The first kappa shape index (κ1) is 18.7. The van der Waals surface area contributed by atoms with Gasteiger partial charge < -0.3 is 9.40 Å². The SMILES string of the molecule is Clc1ccc(-c2ccc(-c3nc(-c4ccccc4)c(-c4ccccc4)[nH]3)o2)c(Cl)c1. The quantitative estimate of drug-likeness (QED) is 0.313. The van der Waals surface area contributed by atoms with E-state index in [0.29, 0.717) is 27.4 Å². The normalized spacial score (nSPS) is 11.0. The Labute approximate surface area is 183 Å². The molecule has 0 spiro atoms. The van der Waals surface area contributed by atoms with Gasteiger partial charge in [0.25, 0.3) is 0 Å². The van der Waals surface area contributed by atoms with Gasteiger partial charge in [0.1, 0.15) is 5.76 Å². The fourth-order valence-corrected chi connectivity index (χ4v) is 3.91. The van der Waals surface area contributed by atoms with Crippen LogP contribution in [0.3, 0.4) is 0 Å². The highest BCUT2D eigenvalue weighted by molar-refractivity contribution is 6.36. The van der Waals surface area contributed by atoms with Crippen LogP contribution in [0.15, 0.2) is 95.4 Å². The molecule has 5 aromatic rings. The number of H-pyrrole nitrogens is 1. The van der Waals surface area contributed by atoms with Gasteiger partial charge in [0, 0.05) is 21.7 Å². The third-order valence-corrected chi connectivity index (χ3v) is 5.40. The van der Waals surface area contributed by atoms with Gasteiger partial charge in [-0.15, -0.1) is 0 Å². The van der Waals surface area contributed by atoms with E-state index < -0.39 is 0 Å². The lowest BCUT2D eigenvalue weighted by atomic mass is 10.1. The monoisotopic (exact) mass is 430 g/mol. The second-order valence-electron chi connectivity index (χ2n) is 6.83. The second-order valence-corrected chi connectivity index (χ2v) is 7.67. The smallest absolute Gasteiger partial charge is 0.174 e. The number of hydrogen-bond acceptors (Lipinski definition) is 2. The van der Waals surface area contributed by atoms with Crippen LogP contribution in [0.25, 0.3) is 45.4 Å². The predicted octanol–water partition coefficient (Wildman–Crippen LogP) is 7.98. The van der Waals surface area contributed by atoms with Crippen LogP contribution in [-0.4, -0.2) is 9.97 Å². The molecule has 0 radical (unpaired) electrons. The van der Waals surface area contributed by atoms with Crippen molar-refractivity contribution in [3.05, 3.63) is 101 Å². The Morgan fingerprint density at radius 3 is 2.07 bits per heavy atom. The van der Waals surface area contributed by atoms with Crippen molar-refractivity contribution in [3.63, 3.8) is 0 Å². The highest BCUT2D eigenvalue weighted by atomic mass is 35.5. The average molecular weight is 431 g/mol. The average Bonchev–Trinajstić information content (AvgIpc) is 3.43. The van der Waals surface area contributed by atoms with Gasteiger partial charge in [0.05, 0.1) is 16.4 Å². The van der Waals surface area contributed by atoms with Gasteiger partial charge in [0.2, 0.25) is 0 Å². The van der Waals surface area contributed by atoms with Crippen LogP contribution >= 0.6 is 23.2 Å². The molecule has 2 aromatic heterocycles. The highest BCUT2D eigenvalue weighted by Crippen LogP contribution is 2.36. The van der Waals surface area contributed by atoms with Crippen molar-refractivity contribution in [1.29, 1.82) is 0 Å². The predicted molar refractivity (Wildman–Crippen MR) is 123 cm³/mol. The molecule has 5 heteroatoms. The fraction of sp³-hybridized carbons (Fsp3) is 0. The van der Waals surface area contributed by atoms with Crippen LogP contribution in [0.5, 0.6) is 0 Å². The van der Waals surface area contributed by atoms with Crippen LogP contribution in [-0.2, 0) is 0 Å². The maximum atomic E-state index is 6.34. The van der Waals surface area contributed by atoms with Gasteiger partial charge in [-0.25, -0.2) is 4.98 Å². The molecule has 0 saturated carbocycles. The maximum Gasteiger partial charge on any atom is 0.174 e. The fourth-order valence-electron chi connectivity index (χ4n) is 3.41. The maximum absolute atomic E-state index is 6.34. The van der Waals surface area contributed by atoms with Gasteiger partial charge in [-0.05, 0) is 30.3 Å². The van der Waals surface area contributed by atoms with Crippen LogP contribution < -0.4 is 0 Å². The van der Waals surface area contributed by atoms with Crippen LogP contribution in [0.1, 0.15) is 0 Å². The first-order chi connectivity index (χ1) is 14.7. The molecule has 0 amide bonds. The molecule has 0 aliphatic heterocycles. The molecule has 3 aromatic carbocycles. The molecular weight excluding hydrogens is 415 g/mol. The number of aromatic amines is 1. The van der Waals surface area contributed by atoms with E-state index in [9.17, 15) is 0 Å². The molecule has 30 heavy (non-hydrogen) atoms. The second kappa shape index (κ2) is 7.86. The first-order valence-electron chi connectivity index (χ1n) is 9.45. The molecular formula is C25H16Cl2N2O. The largest absolute Gasteiger partial charge is 0.453 e. The molecule has 3 nitrogen and oxygen atoms in total. The molecule has 0 aliphatic rings. The third-order valence-electron chi connectivity index (χ3n) is 4.85. The van der Waals surface area contributed by atoms with E-state index in [1.54, 1.807) is 12.1 Å². The number of aromatic nitrogens is 2. The summed E-state index contributed by atoms with van der Waals surface area (Å²) >= 11 is 12.4. The lowest BCUT2D eigenvalue weighted by molar-refractivity contribution is 0.593. The zero-order valence-electron chi connectivity index (χ0n) is 15.8. The molecule has 0 fully saturated rings. The zero-order valence-corrected chi connectivity index (χ0v) is 17.3. The van der Waals surface area contributed by atoms with Gasteiger partial charge >= 0.3 is 0 Å². The number of furan rings is 1. The van der Waals surface area contributed by atoms with E-state index in [2.05, 4.69) is 17.1 Å². The lowest BCUT2D eigenvalue weighted by Gasteiger charge is -2.02. The summed E-state index contributed by atoms with van der Waals surface area (Å²) in [5.74, 6) is 1.95. The summed E-state index contributed by atoms with van der Waals surface area (Å²) in [7, 11) is 0. The molecule has 0 aliphatic carbocycles. The zero-order chi connectivity index (χ0) is 20.5. The van der Waals surface area contributed by atoms with E-state index in [-0.39, 0.29) is 0 Å². The molecule has 1 N–H and O–H groups in total. The van der Waals surface area contributed by atoms with Crippen LogP contribution in [0, 0.1) is 0 Å². The van der Waals surface area contributed by atoms with Gasteiger partial charge in [0.15, 0.2) is 11.6 Å². The van der Waals surface area contributed by atoms with E-state index in [1.807, 2.05) is 66.7 Å². The number of nitrogens with zero attached hydrogens (tertiary/aromatic N) is 1. The molecule has 0 bridgehead atoms. The van der Waals surface area contributed by atoms with Crippen molar-refractivity contribution in [1.82, 2.24) is 9.97 Å². The minimum Gasteiger partial charge on any atom is -0.453 e. The van der Waals surface area contributed by atoms with Crippen LogP contribution in [0.2, 0.25) is 10.0 Å². The Morgan fingerprint density at radius 1 is 0.700 bits per heavy atom. The highest BCUT2D eigenvalue weighted by Gasteiger charge is 2.18. The van der Waals surface area contributed by atoms with Crippen molar-refractivity contribution in [2.75, 3.05) is 0 Å². The summed E-state index contributed by atoms with van der Waals surface area (Å²) in [6.45, 7) is 0. The minimum atomic E-state index is 0.540. The number of hydrogen-bond donors (Lipinski definition) is 1. The van der Waals surface area contributed by atoms with Gasteiger partial charge in [-0.2, -0.15) is 0 Å². The number of halogens is 2. The summed E-state index contributed by atoms with van der Waals surface area (Å²) in [5.41, 5.74) is 4.69. The first-order valence-corrected chi connectivity index (χ1v) is 10.2. The van der Waals surface area contributed by atoms with Gasteiger partial charge in [-0.3, -0.25) is 0 Å². The number of nitrogens with one attached hydrogen (secondary N) is 1. The standard InChI is InChI=1S/C25H16Cl2N2O/c26-18-11-12-19(20(27)15-18)21-13-14-22(30-21)25-28-23(16-7-3-1-4-8-16)24(29-25)17-9-5-2-6-10-17/h1-15H,(H,28,29). The van der Waals surface area contributed by atoms with E-state index in [0.717, 1.165) is 28.1 Å². The summed E-state index contributed by atoms with van der Waals surface area (Å²) < 4.78 is 6.10. The van der Waals surface area contributed by atoms with Crippen molar-refractivity contribution in [3.8, 4) is 45.4 Å². The van der Waals surface area contributed by atoms with Gasteiger partial charge in [-0.1, -0.05) is 83.9 Å². The number of imidazole rings is 1. The van der Waals surface area contributed by atoms with Crippen molar-refractivity contribution < 1.29 is 4.42 Å². The summed E-state index contributed by atoms with van der Waals surface area (Å²) in [5, 5.41) is 1.12. The van der Waals surface area contributed by atoms with Crippen LogP contribution in [0.4, 0.5) is 0 Å². The summed E-state index contributed by atoms with van der Waals surface area (Å²) in [4.78, 5) is 8.31. The summed E-state index contributed by atoms with van der Waals surface area (Å²) in [6.07, 6.45) is 0. The lowest BCUT2D eigenvalue weighted by Crippen LogP contribution is -1.82. The Bertz CT molecular complexity index is 1250. The van der Waals surface area contributed by atoms with E-state index >= 15 is 0 Å².